The fourth-order valence-corrected chi connectivity index (χ4v) is 3.75. The van der Waals surface area contributed by atoms with E-state index in [4.69, 9.17) is 5.11 Å². The van der Waals surface area contributed by atoms with Crippen LogP contribution in [-0.2, 0) is 16.0 Å². The number of rotatable bonds is 5. The molecule has 0 aliphatic carbocycles. The summed E-state index contributed by atoms with van der Waals surface area (Å²) in [5.41, 5.74) is -1.03. The molecule has 0 spiro atoms. The Morgan fingerprint density at radius 1 is 0.964 bits per heavy atom. The molecule has 0 bridgehead atoms. The lowest BCUT2D eigenvalue weighted by atomic mass is 9.98. The van der Waals surface area contributed by atoms with E-state index in [0.29, 0.717) is 0 Å². The van der Waals surface area contributed by atoms with Gasteiger partial charge in [0.05, 0.1) is 22.9 Å². The summed E-state index contributed by atoms with van der Waals surface area (Å²) in [4.78, 5) is -0.0656. The van der Waals surface area contributed by atoms with E-state index in [1.54, 1.807) is 0 Å². The van der Waals surface area contributed by atoms with E-state index in [0.717, 1.165) is 12.1 Å². The van der Waals surface area contributed by atoms with Crippen LogP contribution in [0.25, 0.3) is 22.4 Å². The Balaban J connectivity index is 2.12. The third kappa shape index (κ3) is 3.92. The van der Waals surface area contributed by atoms with Gasteiger partial charge in [-0.2, -0.15) is 18.3 Å². The Morgan fingerprint density at radius 2 is 1.54 bits per heavy atom. The van der Waals surface area contributed by atoms with E-state index < -0.39 is 39.9 Å². The number of sulfone groups is 1. The molecular formula is C18H14F4N2O3S. The number of aliphatic hydroxyl groups excluding tert-OH is 1. The summed E-state index contributed by atoms with van der Waals surface area (Å²) in [5, 5.41) is 14.5. The van der Waals surface area contributed by atoms with Crippen molar-refractivity contribution in [2.24, 2.45) is 0 Å². The van der Waals surface area contributed by atoms with Crippen LogP contribution in [0.3, 0.4) is 0 Å². The fraction of sp³-hybridized carbons (Fsp3) is 0.167. The SMILES string of the molecule is O=S(=O)(CCO)c1ccc(-c2[nH]nc(C(F)(F)F)c2-c2ccc(F)cc2)cc1. The molecule has 1 heterocycles. The molecule has 0 saturated heterocycles. The Labute approximate surface area is 157 Å². The van der Waals surface area contributed by atoms with Crippen LogP contribution >= 0.6 is 0 Å². The maximum absolute atomic E-state index is 13.4. The molecule has 2 aromatic carbocycles. The highest BCUT2D eigenvalue weighted by Gasteiger charge is 2.38. The summed E-state index contributed by atoms with van der Waals surface area (Å²) in [6.07, 6.45) is -4.75. The molecule has 0 amide bonds. The number of aromatic nitrogens is 2. The van der Waals surface area contributed by atoms with Crippen molar-refractivity contribution >= 4 is 9.84 Å². The summed E-state index contributed by atoms with van der Waals surface area (Å²) in [6, 6.07) is 9.65. The molecule has 0 saturated carbocycles. The molecule has 10 heteroatoms. The van der Waals surface area contributed by atoms with Crippen molar-refractivity contribution < 1.29 is 31.1 Å². The monoisotopic (exact) mass is 414 g/mol. The first kappa shape index (κ1) is 20.0. The Kier molecular flexibility index (Phi) is 5.26. The number of hydrogen-bond acceptors (Lipinski definition) is 4. The van der Waals surface area contributed by atoms with Gasteiger partial charge in [0.25, 0.3) is 0 Å². The first-order valence-corrected chi connectivity index (χ1v) is 9.64. The summed E-state index contributed by atoms with van der Waals surface area (Å²) < 4.78 is 77.3. The van der Waals surface area contributed by atoms with Gasteiger partial charge in [0.2, 0.25) is 0 Å². The van der Waals surface area contributed by atoms with Crippen LogP contribution in [0.15, 0.2) is 53.4 Å². The van der Waals surface area contributed by atoms with Gasteiger partial charge in [-0.3, -0.25) is 5.10 Å². The molecule has 2 N–H and O–H groups in total. The topological polar surface area (TPSA) is 83.0 Å². The average molecular weight is 414 g/mol. The second-order valence-electron chi connectivity index (χ2n) is 5.89. The van der Waals surface area contributed by atoms with E-state index in [1.165, 1.54) is 36.4 Å². The van der Waals surface area contributed by atoms with Gasteiger partial charge in [0.15, 0.2) is 15.5 Å². The molecule has 1 aromatic heterocycles. The number of hydrogen-bond donors (Lipinski definition) is 2. The second kappa shape index (κ2) is 7.36. The van der Waals surface area contributed by atoms with E-state index >= 15 is 0 Å². The van der Waals surface area contributed by atoms with Crippen molar-refractivity contribution in [3.63, 3.8) is 0 Å². The highest BCUT2D eigenvalue weighted by atomic mass is 32.2. The number of benzene rings is 2. The van der Waals surface area contributed by atoms with E-state index in [-0.39, 0.29) is 27.3 Å². The highest BCUT2D eigenvalue weighted by Crippen LogP contribution is 2.41. The maximum Gasteiger partial charge on any atom is 0.435 e. The normalized spacial score (nSPS) is 12.3. The predicted octanol–water partition coefficient (Wildman–Crippen LogP) is 3.67. The number of nitrogens with one attached hydrogen (secondary N) is 1. The van der Waals surface area contributed by atoms with Crippen molar-refractivity contribution in [1.29, 1.82) is 0 Å². The molecule has 0 fully saturated rings. The summed E-state index contributed by atoms with van der Waals surface area (Å²) in [6.45, 7) is -0.547. The van der Waals surface area contributed by atoms with Crippen molar-refractivity contribution in [2.75, 3.05) is 12.4 Å². The lowest BCUT2D eigenvalue weighted by Crippen LogP contribution is -2.09. The smallest absolute Gasteiger partial charge is 0.395 e. The van der Waals surface area contributed by atoms with E-state index in [2.05, 4.69) is 10.2 Å². The van der Waals surface area contributed by atoms with E-state index in [1.807, 2.05) is 0 Å². The van der Waals surface area contributed by atoms with Gasteiger partial charge in [-0.1, -0.05) is 24.3 Å². The number of aliphatic hydroxyl groups is 1. The zero-order chi connectivity index (χ0) is 20.5. The van der Waals surface area contributed by atoms with Crippen molar-refractivity contribution in [2.45, 2.75) is 11.1 Å². The van der Waals surface area contributed by atoms with Crippen LogP contribution in [0, 0.1) is 5.82 Å². The standard InChI is InChI=1S/C18H14F4N2O3S/c19-13-5-1-11(2-6-13)15-16(23-24-17(15)18(20,21)22)12-3-7-14(8-4-12)28(26,27)10-9-25/h1-8,25H,9-10H2,(H,23,24). The van der Waals surface area contributed by atoms with Crippen molar-refractivity contribution in [3.05, 3.63) is 60.0 Å². The van der Waals surface area contributed by atoms with Crippen LogP contribution in [0.4, 0.5) is 17.6 Å². The Morgan fingerprint density at radius 3 is 2.07 bits per heavy atom. The minimum absolute atomic E-state index is 0.0186. The van der Waals surface area contributed by atoms with Crippen LogP contribution in [0.2, 0.25) is 0 Å². The molecule has 0 unspecified atom stereocenters. The van der Waals surface area contributed by atoms with E-state index in [9.17, 15) is 26.0 Å². The van der Waals surface area contributed by atoms with Crippen LogP contribution in [0.5, 0.6) is 0 Å². The van der Waals surface area contributed by atoms with Gasteiger partial charge in [-0.15, -0.1) is 0 Å². The second-order valence-corrected chi connectivity index (χ2v) is 8.00. The van der Waals surface area contributed by atoms with Gasteiger partial charge in [0, 0.05) is 11.1 Å². The zero-order valence-corrected chi connectivity index (χ0v) is 15.0. The number of aromatic amines is 1. The van der Waals surface area contributed by atoms with Gasteiger partial charge in [-0.25, -0.2) is 12.8 Å². The van der Waals surface area contributed by atoms with Gasteiger partial charge < -0.3 is 5.11 Å². The third-order valence-corrected chi connectivity index (χ3v) is 5.74. The first-order chi connectivity index (χ1) is 13.1. The molecule has 5 nitrogen and oxygen atoms in total. The number of alkyl halides is 3. The Bertz CT molecular complexity index is 1070. The molecule has 3 rings (SSSR count). The largest absolute Gasteiger partial charge is 0.435 e. The van der Waals surface area contributed by atoms with Gasteiger partial charge >= 0.3 is 6.18 Å². The molecule has 148 valence electrons. The summed E-state index contributed by atoms with van der Waals surface area (Å²) in [7, 11) is -3.69. The van der Waals surface area contributed by atoms with Crippen LogP contribution in [-0.4, -0.2) is 36.1 Å². The minimum Gasteiger partial charge on any atom is -0.395 e. The quantitative estimate of drug-likeness (QED) is 0.624. The molecular weight excluding hydrogens is 400 g/mol. The Hall–Kier alpha value is -2.72. The fourth-order valence-electron chi connectivity index (χ4n) is 2.72. The van der Waals surface area contributed by atoms with Crippen LogP contribution < -0.4 is 0 Å². The van der Waals surface area contributed by atoms with Gasteiger partial charge in [0.1, 0.15) is 5.82 Å². The minimum atomic E-state index is -4.75. The lowest BCUT2D eigenvalue weighted by molar-refractivity contribution is -0.140. The number of halogens is 4. The molecule has 0 atom stereocenters. The first-order valence-electron chi connectivity index (χ1n) is 7.99. The molecule has 3 aromatic rings. The molecule has 28 heavy (non-hydrogen) atoms. The molecule has 0 aliphatic heterocycles. The lowest BCUT2D eigenvalue weighted by Gasteiger charge is -2.10. The predicted molar refractivity (Wildman–Crippen MR) is 93.6 cm³/mol. The molecule has 0 aliphatic rings. The van der Waals surface area contributed by atoms with Gasteiger partial charge in [-0.05, 0) is 29.8 Å². The van der Waals surface area contributed by atoms with Crippen LogP contribution in [0.1, 0.15) is 5.69 Å². The van der Waals surface area contributed by atoms with Crippen molar-refractivity contribution in [3.8, 4) is 22.4 Å². The number of H-pyrrole nitrogens is 1. The maximum atomic E-state index is 13.4. The summed E-state index contributed by atoms with van der Waals surface area (Å²) in [5.74, 6) is -1.06. The molecule has 0 radical (unpaired) electrons. The van der Waals surface area contributed by atoms with Crippen molar-refractivity contribution in [1.82, 2.24) is 10.2 Å². The summed E-state index contributed by atoms with van der Waals surface area (Å²) >= 11 is 0. The highest BCUT2D eigenvalue weighted by molar-refractivity contribution is 7.91. The zero-order valence-electron chi connectivity index (χ0n) is 14.2. The average Bonchev–Trinajstić information content (AvgIpc) is 3.08. The number of nitrogens with zero attached hydrogens (tertiary/aromatic N) is 1. The third-order valence-electron chi connectivity index (χ3n) is 4.03.